The number of carbonyl (C=O) groups excluding carboxylic acids is 2. The Morgan fingerprint density at radius 1 is 1.32 bits per heavy atom. The van der Waals surface area contributed by atoms with Crippen LogP contribution in [0.4, 0.5) is 10.5 Å². The van der Waals surface area contributed by atoms with Crippen LogP contribution in [-0.2, 0) is 23.8 Å². The van der Waals surface area contributed by atoms with Gasteiger partial charge in [-0.05, 0) is 12.1 Å². The Morgan fingerprint density at radius 3 is 2.46 bits per heavy atom. The van der Waals surface area contributed by atoms with Gasteiger partial charge in [-0.2, -0.15) is 8.42 Å². The lowest BCUT2D eigenvalue weighted by Gasteiger charge is -2.18. The summed E-state index contributed by atoms with van der Waals surface area (Å²) >= 11 is 0. The van der Waals surface area contributed by atoms with Gasteiger partial charge in [-0.1, -0.05) is 20.8 Å². The summed E-state index contributed by atoms with van der Waals surface area (Å²) in [5.74, 6) is 0.000693. The van der Waals surface area contributed by atoms with E-state index in [0.717, 1.165) is 24.3 Å². The highest BCUT2D eigenvalue weighted by Crippen LogP contribution is 2.21. The number of rotatable bonds is 8. The molecule has 0 aliphatic carbocycles. The normalized spacial score (nSPS) is 17.5. The summed E-state index contributed by atoms with van der Waals surface area (Å²) in [6.07, 6.45) is -1.26. The molecule has 0 N–H and O–H groups in total. The zero-order chi connectivity index (χ0) is 21.1. The van der Waals surface area contributed by atoms with Crippen molar-refractivity contribution < 1.29 is 31.9 Å². The standard InChI is InChI=1S/C17H22N2O8S/c1-17(2,3)15(20)8-9-18-10-13(27-16(18)21)11-26-28(24,25)14-6-4-12(5-7-14)19(22)23/h4-7,13H,8-11H2,1-3H3/t13-/m0/s1. The molecule has 10 nitrogen and oxygen atoms in total. The zero-order valence-electron chi connectivity index (χ0n) is 15.8. The van der Waals surface area contributed by atoms with E-state index in [1.807, 2.05) is 0 Å². The summed E-state index contributed by atoms with van der Waals surface area (Å²) in [6, 6.07) is 4.25. The van der Waals surface area contributed by atoms with Crippen LogP contribution in [0.5, 0.6) is 0 Å². The lowest BCUT2D eigenvalue weighted by atomic mass is 9.89. The predicted molar refractivity (Wildman–Crippen MR) is 97.2 cm³/mol. The van der Waals surface area contributed by atoms with E-state index in [1.165, 1.54) is 4.90 Å². The van der Waals surface area contributed by atoms with Crippen LogP contribution in [0.15, 0.2) is 29.2 Å². The van der Waals surface area contributed by atoms with E-state index in [0.29, 0.717) is 0 Å². The lowest BCUT2D eigenvalue weighted by molar-refractivity contribution is -0.384. The molecule has 1 amide bonds. The van der Waals surface area contributed by atoms with Crippen molar-refractivity contribution in [1.29, 1.82) is 0 Å². The van der Waals surface area contributed by atoms with Gasteiger partial charge in [0.05, 0.1) is 16.4 Å². The molecule has 154 valence electrons. The number of amides is 1. The van der Waals surface area contributed by atoms with Gasteiger partial charge in [0.1, 0.15) is 18.5 Å². The van der Waals surface area contributed by atoms with Gasteiger partial charge in [0.25, 0.3) is 15.8 Å². The maximum absolute atomic E-state index is 12.2. The minimum Gasteiger partial charge on any atom is -0.442 e. The summed E-state index contributed by atoms with van der Waals surface area (Å²) in [6.45, 7) is 5.26. The Hall–Kier alpha value is -2.53. The number of hydrogen-bond donors (Lipinski definition) is 0. The second-order valence-corrected chi connectivity index (χ2v) is 8.98. The number of nitro benzene ring substituents is 1. The molecule has 1 aliphatic rings. The van der Waals surface area contributed by atoms with E-state index in [-0.39, 0.29) is 35.9 Å². The summed E-state index contributed by atoms with van der Waals surface area (Å²) in [7, 11) is -4.16. The average molecular weight is 414 g/mol. The van der Waals surface area contributed by atoms with Gasteiger partial charge in [0.2, 0.25) is 0 Å². The summed E-state index contributed by atoms with van der Waals surface area (Å²) in [5.41, 5.74) is -0.755. The van der Waals surface area contributed by atoms with E-state index in [2.05, 4.69) is 0 Å². The van der Waals surface area contributed by atoms with Gasteiger partial charge in [-0.25, -0.2) is 4.79 Å². The molecule has 0 aromatic heterocycles. The van der Waals surface area contributed by atoms with Gasteiger partial charge in [-0.3, -0.25) is 19.1 Å². The fourth-order valence-electron chi connectivity index (χ4n) is 2.42. The van der Waals surface area contributed by atoms with Crippen molar-refractivity contribution in [3.05, 3.63) is 34.4 Å². The molecule has 1 aromatic rings. The van der Waals surface area contributed by atoms with E-state index in [4.69, 9.17) is 8.92 Å². The highest BCUT2D eigenvalue weighted by atomic mass is 32.2. The molecule has 0 unspecified atom stereocenters. The number of carbonyl (C=O) groups is 2. The molecule has 2 rings (SSSR count). The van der Waals surface area contributed by atoms with Gasteiger partial charge in [-0.15, -0.1) is 0 Å². The molecular weight excluding hydrogens is 392 g/mol. The summed E-state index contributed by atoms with van der Waals surface area (Å²) in [5, 5.41) is 10.6. The van der Waals surface area contributed by atoms with Crippen LogP contribution in [-0.4, -0.2) is 55.9 Å². The Balaban J connectivity index is 1.89. The third kappa shape index (κ3) is 5.49. The second-order valence-electron chi connectivity index (χ2n) is 7.36. The lowest BCUT2D eigenvalue weighted by Crippen LogP contribution is -2.31. The van der Waals surface area contributed by atoms with E-state index in [9.17, 15) is 28.1 Å². The van der Waals surface area contributed by atoms with Gasteiger partial charge >= 0.3 is 6.09 Å². The Labute approximate surface area is 162 Å². The van der Waals surface area contributed by atoms with E-state index in [1.54, 1.807) is 20.8 Å². The monoisotopic (exact) mass is 414 g/mol. The molecular formula is C17H22N2O8S. The first-order chi connectivity index (χ1) is 12.9. The number of nitro groups is 1. The van der Waals surface area contributed by atoms with Crippen molar-refractivity contribution >= 4 is 27.7 Å². The SMILES string of the molecule is CC(C)(C)C(=O)CCN1C[C@@H](COS(=O)(=O)c2ccc([N+](=O)[O-])cc2)OC1=O. The van der Waals surface area contributed by atoms with Crippen LogP contribution in [0.1, 0.15) is 27.2 Å². The van der Waals surface area contributed by atoms with Crippen molar-refractivity contribution in [2.45, 2.75) is 38.2 Å². The maximum Gasteiger partial charge on any atom is 0.410 e. The highest BCUT2D eigenvalue weighted by Gasteiger charge is 2.33. The first-order valence-corrected chi connectivity index (χ1v) is 9.94. The van der Waals surface area contributed by atoms with Gasteiger partial charge in [0.15, 0.2) is 0 Å². The Morgan fingerprint density at radius 2 is 1.93 bits per heavy atom. The first-order valence-electron chi connectivity index (χ1n) is 8.53. The minimum atomic E-state index is -4.16. The number of Topliss-reactive ketones (excluding diaryl/α,β-unsaturated/α-hetero) is 1. The van der Waals surface area contributed by atoms with Crippen LogP contribution in [0.3, 0.4) is 0 Å². The van der Waals surface area contributed by atoms with Crippen molar-refractivity contribution in [1.82, 2.24) is 4.90 Å². The number of hydrogen-bond acceptors (Lipinski definition) is 8. The number of ketones is 1. The summed E-state index contributed by atoms with van der Waals surface area (Å²) < 4.78 is 34.3. The number of nitrogens with zero attached hydrogens (tertiary/aromatic N) is 2. The third-order valence-corrected chi connectivity index (χ3v) is 5.44. The number of ether oxygens (including phenoxy) is 1. The topological polar surface area (TPSA) is 133 Å². The fraction of sp³-hybridized carbons (Fsp3) is 0.529. The van der Waals surface area contributed by atoms with E-state index < -0.39 is 39.3 Å². The molecule has 1 saturated heterocycles. The largest absolute Gasteiger partial charge is 0.442 e. The molecule has 0 bridgehead atoms. The highest BCUT2D eigenvalue weighted by molar-refractivity contribution is 7.86. The first kappa shape index (κ1) is 21.8. The van der Waals surface area contributed by atoms with Crippen LogP contribution in [0.25, 0.3) is 0 Å². The molecule has 1 fully saturated rings. The van der Waals surface area contributed by atoms with Crippen molar-refractivity contribution in [3.8, 4) is 0 Å². The molecule has 1 atom stereocenters. The number of benzene rings is 1. The smallest absolute Gasteiger partial charge is 0.410 e. The van der Waals surface area contributed by atoms with Gasteiger partial charge < -0.3 is 9.64 Å². The fourth-order valence-corrected chi connectivity index (χ4v) is 3.36. The predicted octanol–water partition coefficient (Wildman–Crippen LogP) is 2.13. The van der Waals surface area contributed by atoms with Gasteiger partial charge in [0, 0.05) is 30.5 Å². The Bertz CT molecular complexity index is 858. The molecule has 11 heteroatoms. The summed E-state index contributed by atoms with van der Waals surface area (Å²) in [4.78, 5) is 34.9. The maximum atomic E-state index is 12.2. The van der Waals surface area contributed by atoms with Crippen LogP contribution >= 0.6 is 0 Å². The Kier molecular flexibility index (Phi) is 6.40. The molecule has 1 aliphatic heterocycles. The average Bonchev–Trinajstić information content (AvgIpc) is 2.97. The minimum absolute atomic E-state index is 0.000693. The van der Waals surface area contributed by atoms with Crippen molar-refractivity contribution in [2.24, 2.45) is 5.41 Å². The van der Waals surface area contributed by atoms with Crippen molar-refractivity contribution in [2.75, 3.05) is 19.7 Å². The molecule has 28 heavy (non-hydrogen) atoms. The molecule has 0 radical (unpaired) electrons. The molecule has 0 saturated carbocycles. The molecule has 1 aromatic carbocycles. The van der Waals surface area contributed by atoms with E-state index >= 15 is 0 Å². The van der Waals surface area contributed by atoms with Crippen LogP contribution in [0.2, 0.25) is 0 Å². The van der Waals surface area contributed by atoms with Crippen LogP contribution in [0, 0.1) is 15.5 Å². The quantitative estimate of drug-likeness (QED) is 0.359. The number of cyclic esters (lactones) is 1. The molecule has 1 heterocycles. The number of non-ortho nitro benzene ring substituents is 1. The van der Waals surface area contributed by atoms with Crippen LogP contribution < -0.4 is 0 Å². The van der Waals surface area contributed by atoms with Crippen molar-refractivity contribution in [3.63, 3.8) is 0 Å². The second kappa shape index (κ2) is 8.23. The zero-order valence-corrected chi connectivity index (χ0v) is 16.6. The third-order valence-electron chi connectivity index (χ3n) is 4.14. The molecule has 0 spiro atoms.